The van der Waals surface area contributed by atoms with Crippen LogP contribution in [0, 0.1) is 11.8 Å². The smallest absolute Gasteiger partial charge is 0.318 e. The molecule has 0 aromatic rings. The Balaban J connectivity index is 2.41. The number of primary amides is 1. The molecule has 0 radical (unpaired) electrons. The zero-order chi connectivity index (χ0) is 12.8. The van der Waals surface area contributed by atoms with Gasteiger partial charge in [-0.25, -0.2) is 4.79 Å². The van der Waals surface area contributed by atoms with E-state index in [0.717, 1.165) is 25.9 Å². The lowest BCUT2D eigenvalue weighted by Crippen LogP contribution is -2.48. The molecule has 1 saturated heterocycles. The van der Waals surface area contributed by atoms with Crippen molar-refractivity contribution in [1.29, 1.82) is 0 Å². The van der Waals surface area contributed by atoms with Crippen LogP contribution in [0.15, 0.2) is 0 Å². The maximum absolute atomic E-state index is 11.4. The number of amides is 3. The summed E-state index contributed by atoms with van der Waals surface area (Å²) in [4.78, 5) is 24.0. The summed E-state index contributed by atoms with van der Waals surface area (Å²) in [5.41, 5.74) is 10.6. The van der Waals surface area contributed by atoms with E-state index < -0.39 is 6.03 Å². The van der Waals surface area contributed by atoms with Gasteiger partial charge in [-0.1, -0.05) is 13.3 Å². The van der Waals surface area contributed by atoms with Crippen molar-refractivity contribution in [2.75, 3.05) is 26.2 Å². The molecular weight excluding hydrogens is 220 g/mol. The Kier molecular flexibility index (Phi) is 5.37. The number of nitrogens with two attached hydrogens (primary N) is 2. The van der Waals surface area contributed by atoms with Gasteiger partial charge in [0.2, 0.25) is 5.91 Å². The number of likely N-dealkylation sites (tertiary alicyclic amines) is 1. The third kappa shape index (κ3) is 4.32. The summed E-state index contributed by atoms with van der Waals surface area (Å²) in [5, 5.41) is 2.08. The van der Waals surface area contributed by atoms with Crippen LogP contribution in [0.1, 0.15) is 19.8 Å². The molecule has 17 heavy (non-hydrogen) atoms. The number of rotatable bonds is 4. The van der Waals surface area contributed by atoms with Gasteiger partial charge in [0.05, 0.1) is 6.54 Å². The van der Waals surface area contributed by atoms with Gasteiger partial charge in [-0.15, -0.1) is 0 Å². The molecule has 0 saturated carbocycles. The highest BCUT2D eigenvalue weighted by Crippen LogP contribution is 2.24. The lowest BCUT2D eigenvalue weighted by atomic mass is 9.84. The monoisotopic (exact) mass is 242 g/mol. The third-order valence-corrected chi connectivity index (χ3v) is 3.43. The summed E-state index contributed by atoms with van der Waals surface area (Å²) < 4.78 is 0. The predicted octanol–water partition coefficient (Wildman–Crippen LogP) is -0.512. The van der Waals surface area contributed by atoms with Crippen molar-refractivity contribution >= 4 is 11.9 Å². The van der Waals surface area contributed by atoms with Gasteiger partial charge < -0.3 is 11.5 Å². The van der Waals surface area contributed by atoms with Crippen LogP contribution in [0.5, 0.6) is 0 Å². The highest BCUT2D eigenvalue weighted by atomic mass is 16.2. The van der Waals surface area contributed by atoms with Crippen molar-refractivity contribution < 1.29 is 9.59 Å². The summed E-state index contributed by atoms with van der Waals surface area (Å²) in [6, 6.07) is -0.793. The van der Waals surface area contributed by atoms with Crippen LogP contribution in [0.2, 0.25) is 0 Å². The molecule has 2 atom stereocenters. The Morgan fingerprint density at radius 2 is 2.12 bits per heavy atom. The summed E-state index contributed by atoms with van der Waals surface area (Å²) in [7, 11) is 0. The third-order valence-electron chi connectivity index (χ3n) is 3.43. The molecule has 1 heterocycles. The van der Waals surface area contributed by atoms with E-state index in [1.165, 1.54) is 0 Å². The minimum atomic E-state index is -0.793. The Bertz CT molecular complexity index is 283. The van der Waals surface area contributed by atoms with Crippen LogP contribution < -0.4 is 16.8 Å². The van der Waals surface area contributed by atoms with Gasteiger partial charge in [-0.3, -0.25) is 15.0 Å². The highest BCUT2D eigenvalue weighted by Gasteiger charge is 2.27. The molecule has 0 spiro atoms. The molecular formula is C11H22N4O2. The molecule has 0 aromatic heterocycles. The molecule has 1 rings (SSSR count). The zero-order valence-electron chi connectivity index (χ0n) is 10.3. The Labute approximate surface area is 102 Å². The molecule has 5 N–H and O–H groups in total. The lowest BCUT2D eigenvalue weighted by Gasteiger charge is -2.37. The highest BCUT2D eigenvalue weighted by molar-refractivity contribution is 5.94. The SMILES string of the molecule is CCC1CN(CC(=O)NC(N)=O)CCC1CN. The number of urea groups is 1. The summed E-state index contributed by atoms with van der Waals surface area (Å²) in [6.07, 6.45) is 2.08. The van der Waals surface area contributed by atoms with Crippen LogP contribution in [0.3, 0.4) is 0 Å². The fraction of sp³-hybridized carbons (Fsp3) is 0.818. The summed E-state index contributed by atoms with van der Waals surface area (Å²) in [5.74, 6) is 0.754. The van der Waals surface area contributed by atoms with Crippen molar-refractivity contribution in [1.82, 2.24) is 10.2 Å². The molecule has 2 unspecified atom stereocenters. The van der Waals surface area contributed by atoms with Crippen molar-refractivity contribution in [2.24, 2.45) is 23.3 Å². The van der Waals surface area contributed by atoms with E-state index in [2.05, 4.69) is 17.1 Å². The first-order valence-corrected chi connectivity index (χ1v) is 6.08. The first kappa shape index (κ1) is 13.9. The predicted molar refractivity (Wildman–Crippen MR) is 65.1 cm³/mol. The molecule has 0 bridgehead atoms. The van der Waals surface area contributed by atoms with Gasteiger partial charge in [0.1, 0.15) is 0 Å². The van der Waals surface area contributed by atoms with Crippen LogP contribution in [-0.4, -0.2) is 43.0 Å². The summed E-state index contributed by atoms with van der Waals surface area (Å²) >= 11 is 0. The topological polar surface area (TPSA) is 101 Å². The molecule has 6 nitrogen and oxygen atoms in total. The fourth-order valence-corrected chi connectivity index (χ4v) is 2.45. The zero-order valence-corrected chi connectivity index (χ0v) is 10.3. The van der Waals surface area contributed by atoms with E-state index in [1.807, 2.05) is 0 Å². The standard InChI is InChI=1S/C11H22N4O2/c1-2-8-6-15(4-3-9(8)5-12)7-10(16)14-11(13)17/h8-9H,2-7,12H2,1H3,(H3,13,14,16,17). The van der Waals surface area contributed by atoms with Crippen LogP contribution in [0.4, 0.5) is 4.79 Å². The normalized spacial score (nSPS) is 25.5. The minimum absolute atomic E-state index is 0.233. The van der Waals surface area contributed by atoms with Crippen molar-refractivity contribution in [3.63, 3.8) is 0 Å². The lowest BCUT2D eigenvalue weighted by molar-refractivity contribution is -0.121. The molecule has 0 aromatic carbocycles. The number of carbonyl (C=O) groups is 2. The Morgan fingerprint density at radius 1 is 1.41 bits per heavy atom. The molecule has 1 aliphatic heterocycles. The number of hydrogen-bond donors (Lipinski definition) is 3. The number of hydrogen-bond acceptors (Lipinski definition) is 4. The van der Waals surface area contributed by atoms with Gasteiger partial charge in [0.25, 0.3) is 0 Å². The first-order valence-electron chi connectivity index (χ1n) is 6.08. The van der Waals surface area contributed by atoms with Gasteiger partial charge in [0, 0.05) is 6.54 Å². The molecule has 98 valence electrons. The van der Waals surface area contributed by atoms with Gasteiger partial charge in [-0.05, 0) is 31.3 Å². The largest absolute Gasteiger partial charge is 0.351 e. The second kappa shape index (κ2) is 6.56. The quantitative estimate of drug-likeness (QED) is 0.618. The van der Waals surface area contributed by atoms with Crippen LogP contribution in [0.25, 0.3) is 0 Å². The van der Waals surface area contributed by atoms with E-state index in [9.17, 15) is 9.59 Å². The van der Waals surface area contributed by atoms with Crippen molar-refractivity contribution in [2.45, 2.75) is 19.8 Å². The molecule has 1 aliphatic rings. The maximum Gasteiger partial charge on any atom is 0.318 e. The average Bonchev–Trinajstić information content (AvgIpc) is 2.27. The summed E-state index contributed by atoms with van der Waals surface area (Å²) in [6.45, 7) is 4.80. The molecule has 1 fully saturated rings. The molecule has 3 amide bonds. The number of piperidine rings is 1. The van der Waals surface area contributed by atoms with Crippen LogP contribution in [-0.2, 0) is 4.79 Å². The van der Waals surface area contributed by atoms with E-state index in [1.54, 1.807) is 0 Å². The van der Waals surface area contributed by atoms with Gasteiger partial charge in [0.15, 0.2) is 0 Å². The Morgan fingerprint density at radius 3 is 2.65 bits per heavy atom. The van der Waals surface area contributed by atoms with E-state index in [0.29, 0.717) is 18.4 Å². The number of imide groups is 1. The molecule has 6 heteroatoms. The van der Waals surface area contributed by atoms with Gasteiger partial charge in [-0.2, -0.15) is 0 Å². The number of carbonyl (C=O) groups excluding carboxylic acids is 2. The Hall–Kier alpha value is -1.14. The maximum atomic E-state index is 11.4. The van der Waals surface area contributed by atoms with E-state index in [-0.39, 0.29) is 12.5 Å². The number of nitrogens with one attached hydrogen (secondary N) is 1. The van der Waals surface area contributed by atoms with Crippen LogP contribution >= 0.6 is 0 Å². The van der Waals surface area contributed by atoms with E-state index >= 15 is 0 Å². The number of nitrogens with zero attached hydrogens (tertiary/aromatic N) is 1. The fourth-order valence-electron chi connectivity index (χ4n) is 2.45. The second-order valence-electron chi connectivity index (χ2n) is 4.60. The minimum Gasteiger partial charge on any atom is -0.351 e. The average molecular weight is 242 g/mol. The van der Waals surface area contributed by atoms with Gasteiger partial charge >= 0.3 is 6.03 Å². The van der Waals surface area contributed by atoms with Crippen molar-refractivity contribution in [3.05, 3.63) is 0 Å². The molecule has 0 aliphatic carbocycles. The van der Waals surface area contributed by atoms with E-state index in [4.69, 9.17) is 11.5 Å². The first-order chi connectivity index (χ1) is 8.06. The second-order valence-corrected chi connectivity index (χ2v) is 4.60. The van der Waals surface area contributed by atoms with Crippen molar-refractivity contribution in [3.8, 4) is 0 Å².